The summed E-state index contributed by atoms with van der Waals surface area (Å²) in [6, 6.07) is 17.0. The third-order valence-corrected chi connectivity index (χ3v) is 4.49. The fourth-order valence-corrected chi connectivity index (χ4v) is 2.92. The number of hydrogen-bond donors (Lipinski definition) is 1. The van der Waals surface area contributed by atoms with Crippen molar-refractivity contribution in [2.75, 3.05) is 5.32 Å². The van der Waals surface area contributed by atoms with Gasteiger partial charge in [-0.1, -0.05) is 18.2 Å². The number of imidazole rings is 1. The number of pyridine rings is 1. The van der Waals surface area contributed by atoms with Gasteiger partial charge < -0.3 is 9.72 Å². The Morgan fingerprint density at radius 1 is 1.11 bits per heavy atom. The highest BCUT2D eigenvalue weighted by atomic mass is 16.6. The maximum atomic E-state index is 12.5. The number of fused-ring (bicyclic) bond motifs is 1. The second-order valence-electron chi connectivity index (χ2n) is 6.38. The first-order valence-corrected chi connectivity index (χ1v) is 8.62. The van der Waals surface area contributed by atoms with Gasteiger partial charge in [-0.25, -0.2) is 4.98 Å². The van der Waals surface area contributed by atoms with E-state index in [-0.39, 0.29) is 11.6 Å². The quantitative estimate of drug-likeness (QED) is 0.423. The van der Waals surface area contributed by atoms with E-state index in [0.717, 1.165) is 22.5 Å². The zero-order valence-electron chi connectivity index (χ0n) is 15.0. The van der Waals surface area contributed by atoms with E-state index in [0.29, 0.717) is 11.3 Å². The van der Waals surface area contributed by atoms with Gasteiger partial charge in [0.2, 0.25) is 0 Å². The molecule has 138 valence electrons. The predicted molar refractivity (Wildman–Crippen MR) is 106 cm³/mol. The van der Waals surface area contributed by atoms with Crippen LogP contribution in [0.2, 0.25) is 0 Å². The first-order valence-electron chi connectivity index (χ1n) is 8.62. The van der Waals surface area contributed by atoms with Crippen molar-refractivity contribution in [2.45, 2.75) is 6.92 Å². The Kier molecular flexibility index (Phi) is 4.33. The number of aromatic nitrogens is 2. The molecule has 0 unspecified atom stereocenters. The summed E-state index contributed by atoms with van der Waals surface area (Å²) in [7, 11) is 0. The van der Waals surface area contributed by atoms with E-state index >= 15 is 0 Å². The van der Waals surface area contributed by atoms with Crippen LogP contribution in [0.5, 0.6) is 0 Å². The molecule has 28 heavy (non-hydrogen) atoms. The second kappa shape index (κ2) is 6.96. The summed E-state index contributed by atoms with van der Waals surface area (Å²) >= 11 is 0. The van der Waals surface area contributed by atoms with E-state index in [1.165, 1.54) is 24.3 Å². The summed E-state index contributed by atoms with van der Waals surface area (Å²) in [5.41, 5.74) is 4.39. The number of non-ortho nitro benzene ring substituents is 1. The normalized spacial score (nSPS) is 10.8. The molecule has 0 fully saturated rings. The summed E-state index contributed by atoms with van der Waals surface area (Å²) in [5.74, 6) is -0.329. The van der Waals surface area contributed by atoms with Crippen molar-refractivity contribution >= 4 is 22.9 Å². The molecule has 2 aromatic heterocycles. The number of amides is 1. The van der Waals surface area contributed by atoms with Gasteiger partial charge in [0, 0.05) is 41.3 Å². The van der Waals surface area contributed by atoms with Crippen molar-refractivity contribution in [1.29, 1.82) is 0 Å². The predicted octanol–water partition coefficient (Wildman–Crippen LogP) is 4.47. The molecule has 0 saturated carbocycles. The highest BCUT2D eigenvalue weighted by Gasteiger charge is 2.12. The zero-order chi connectivity index (χ0) is 19.7. The van der Waals surface area contributed by atoms with Crippen LogP contribution in [0.3, 0.4) is 0 Å². The molecule has 0 bridgehead atoms. The van der Waals surface area contributed by atoms with E-state index in [9.17, 15) is 14.9 Å². The molecule has 0 aliphatic carbocycles. The molecule has 0 atom stereocenters. The molecule has 0 saturated heterocycles. The Labute approximate surface area is 160 Å². The molecule has 2 aromatic carbocycles. The fourth-order valence-electron chi connectivity index (χ4n) is 2.92. The van der Waals surface area contributed by atoms with Gasteiger partial charge in [-0.15, -0.1) is 0 Å². The lowest BCUT2D eigenvalue weighted by Gasteiger charge is -2.10. The van der Waals surface area contributed by atoms with Crippen LogP contribution < -0.4 is 5.32 Å². The summed E-state index contributed by atoms with van der Waals surface area (Å²) in [6.45, 7) is 1.90. The van der Waals surface area contributed by atoms with Crippen molar-refractivity contribution in [1.82, 2.24) is 9.38 Å². The van der Waals surface area contributed by atoms with Crippen molar-refractivity contribution < 1.29 is 9.72 Å². The smallest absolute Gasteiger partial charge is 0.269 e. The van der Waals surface area contributed by atoms with Gasteiger partial charge in [-0.2, -0.15) is 0 Å². The third-order valence-electron chi connectivity index (χ3n) is 4.49. The number of nitro groups is 1. The van der Waals surface area contributed by atoms with Gasteiger partial charge in [0.05, 0.1) is 10.6 Å². The van der Waals surface area contributed by atoms with Gasteiger partial charge in [0.25, 0.3) is 11.6 Å². The lowest BCUT2D eigenvalue weighted by molar-refractivity contribution is -0.384. The highest BCUT2D eigenvalue weighted by molar-refractivity contribution is 6.05. The Morgan fingerprint density at radius 2 is 1.89 bits per heavy atom. The van der Waals surface area contributed by atoms with Crippen molar-refractivity contribution in [3.05, 3.63) is 94.3 Å². The van der Waals surface area contributed by atoms with Gasteiger partial charge >= 0.3 is 0 Å². The largest absolute Gasteiger partial charge is 0.322 e. The number of carbonyl (C=O) groups excluding carboxylic acids is 1. The monoisotopic (exact) mass is 372 g/mol. The molecular weight excluding hydrogens is 356 g/mol. The van der Waals surface area contributed by atoms with E-state index in [1.807, 2.05) is 60.1 Å². The van der Waals surface area contributed by atoms with Crippen LogP contribution in [-0.4, -0.2) is 20.2 Å². The first kappa shape index (κ1) is 17.4. The molecule has 1 N–H and O–H groups in total. The first-order chi connectivity index (χ1) is 13.5. The minimum absolute atomic E-state index is 0.0541. The average molecular weight is 372 g/mol. The van der Waals surface area contributed by atoms with Crippen LogP contribution in [0.4, 0.5) is 11.4 Å². The number of rotatable bonds is 4. The number of nitro benzene ring substituents is 1. The minimum atomic E-state index is -0.496. The Hall–Kier alpha value is -4.00. The van der Waals surface area contributed by atoms with E-state index < -0.39 is 4.92 Å². The van der Waals surface area contributed by atoms with Crippen molar-refractivity contribution in [2.24, 2.45) is 0 Å². The zero-order valence-corrected chi connectivity index (χ0v) is 15.0. The number of carbonyl (C=O) groups is 1. The molecule has 2 heterocycles. The van der Waals surface area contributed by atoms with E-state index in [4.69, 9.17) is 0 Å². The molecule has 0 aliphatic rings. The average Bonchev–Trinajstić information content (AvgIpc) is 3.14. The lowest BCUT2D eigenvalue weighted by Crippen LogP contribution is -2.12. The summed E-state index contributed by atoms with van der Waals surface area (Å²) in [5, 5.41) is 13.6. The number of anilines is 1. The fraction of sp³-hybridized carbons (Fsp3) is 0.0476. The molecule has 0 aliphatic heterocycles. The molecule has 0 spiro atoms. The molecular formula is C21H16N4O3. The van der Waals surface area contributed by atoms with Crippen molar-refractivity contribution in [3.8, 4) is 11.3 Å². The highest BCUT2D eigenvalue weighted by Crippen LogP contribution is 2.26. The molecule has 4 rings (SSSR count). The third kappa shape index (κ3) is 3.33. The summed E-state index contributed by atoms with van der Waals surface area (Å²) < 4.78 is 1.93. The Balaban J connectivity index is 1.61. The molecule has 0 radical (unpaired) electrons. The van der Waals surface area contributed by atoms with E-state index in [1.54, 1.807) is 0 Å². The Bertz CT molecular complexity index is 1160. The minimum Gasteiger partial charge on any atom is -0.322 e. The number of hydrogen-bond acceptors (Lipinski definition) is 4. The summed E-state index contributed by atoms with van der Waals surface area (Å²) in [4.78, 5) is 27.4. The van der Waals surface area contributed by atoms with Crippen LogP contribution in [0.25, 0.3) is 16.9 Å². The topological polar surface area (TPSA) is 89.5 Å². The van der Waals surface area contributed by atoms with Crippen LogP contribution in [0.1, 0.15) is 15.9 Å². The molecule has 7 nitrogen and oxygen atoms in total. The van der Waals surface area contributed by atoms with E-state index in [2.05, 4.69) is 10.3 Å². The standard InChI is InChI=1S/C21H16N4O3/c1-14-5-6-16(19-13-24-11-3-2-4-20(24)22-19)12-18(14)23-21(26)15-7-9-17(10-8-15)25(27)28/h2-13H,1H3,(H,23,26). The van der Waals surface area contributed by atoms with Gasteiger partial charge in [0.1, 0.15) is 5.65 Å². The van der Waals surface area contributed by atoms with Gasteiger partial charge in [0.15, 0.2) is 0 Å². The number of aryl methyl sites for hydroxylation is 1. The maximum Gasteiger partial charge on any atom is 0.269 e. The number of nitrogens with one attached hydrogen (secondary N) is 1. The maximum absolute atomic E-state index is 12.5. The van der Waals surface area contributed by atoms with Crippen LogP contribution >= 0.6 is 0 Å². The van der Waals surface area contributed by atoms with Gasteiger partial charge in [-0.3, -0.25) is 14.9 Å². The second-order valence-corrected chi connectivity index (χ2v) is 6.38. The molecule has 7 heteroatoms. The number of nitrogens with zero attached hydrogens (tertiary/aromatic N) is 3. The molecule has 1 amide bonds. The van der Waals surface area contributed by atoms with Crippen LogP contribution in [0, 0.1) is 17.0 Å². The van der Waals surface area contributed by atoms with Crippen LogP contribution in [0.15, 0.2) is 73.1 Å². The SMILES string of the molecule is Cc1ccc(-c2cn3ccccc3n2)cc1NC(=O)c1ccc([N+](=O)[O-])cc1. The van der Waals surface area contributed by atoms with Gasteiger partial charge in [-0.05, 0) is 42.8 Å². The lowest BCUT2D eigenvalue weighted by atomic mass is 10.1. The Morgan fingerprint density at radius 3 is 2.61 bits per heavy atom. The van der Waals surface area contributed by atoms with Crippen LogP contribution in [-0.2, 0) is 0 Å². The molecule has 4 aromatic rings. The summed E-state index contributed by atoms with van der Waals surface area (Å²) in [6.07, 6.45) is 3.86. The van der Waals surface area contributed by atoms with Crippen molar-refractivity contribution in [3.63, 3.8) is 0 Å². The number of benzene rings is 2.